The number of aromatic nitrogens is 2. The van der Waals surface area contributed by atoms with Crippen LogP contribution >= 0.6 is 0 Å². The fraction of sp³-hybridized carbons (Fsp3) is 0.409. The van der Waals surface area contributed by atoms with Crippen molar-refractivity contribution in [2.24, 2.45) is 10.2 Å². The first kappa shape index (κ1) is 19.4. The minimum absolute atomic E-state index is 0.192. The molecule has 0 spiro atoms. The van der Waals surface area contributed by atoms with Gasteiger partial charge in [0.1, 0.15) is 11.6 Å². The number of piperazine rings is 1. The molecule has 1 aromatic heterocycles. The van der Waals surface area contributed by atoms with Crippen molar-refractivity contribution in [2.75, 3.05) is 13.1 Å². The fourth-order valence-electron chi connectivity index (χ4n) is 3.86. The van der Waals surface area contributed by atoms with Gasteiger partial charge in [0.25, 0.3) is 0 Å². The van der Waals surface area contributed by atoms with Crippen LogP contribution in [0.5, 0.6) is 5.75 Å². The number of hydrogen-bond donors (Lipinski definition) is 3. The number of nitrogens with one attached hydrogen (secondary N) is 2. The first-order valence-electron chi connectivity index (χ1n) is 10.2. The maximum atomic E-state index is 10.7. The number of aromatic amines is 1. The molecule has 3 N–H and O–H groups in total. The van der Waals surface area contributed by atoms with Gasteiger partial charge in [-0.1, -0.05) is 18.6 Å². The molecule has 2 aliphatic rings. The third kappa shape index (κ3) is 4.10. The second-order valence-corrected chi connectivity index (χ2v) is 7.86. The molecule has 7 nitrogen and oxygen atoms in total. The van der Waals surface area contributed by atoms with Gasteiger partial charge in [-0.25, -0.2) is 0 Å². The van der Waals surface area contributed by atoms with Gasteiger partial charge < -0.3 is 15.3 Å². The molecule has 1 saturated heterocycles. The molecule has 2 aromatic rings. The highest BCUT2D eigenvalue weighted by molar-refractivity contribution is 6.12. The Morgan fingerprint density at radius 2 is 2.07 bits per heavy atom. The zero-order valence-electron chi connectivity index (χ0n) is 17.2. The van der Waals surface area contributed by atoms with Crippen LogP contribution in [0.3, 0.4) is 0 Å². The van der Waals surface area contributed by atoms with E-state index in [9.17, 15) is 5.11 Å². The van der Waals surface area contributed by atoms with E-state index in [0.29, 0.717) is 23.4 Å². The van der Waals surface area contributed by atoms with E-state index >= 15 is 0 Å². The Kier molecular flexibility index (Phi) is 5.49. The zero-order chi connectivity index (χ0) is 20.4. The standard InChI is InChI=1S/C22H28N6O/c1-4-16-7-20(19-6-5-17(9-21(19)29)18-11-24-25-12-18)26-27-22(8-16)28-13-14(2)23-10-15(28)3/h5-7,9,11-12,14-15,23,29H,4,8,10,13H2,1-3H3,(H,24,25)/t14-,15-/m0/s1. The van der Waals surface area contributed by atoms with E-state index in [1.165, 1.54) is 5.57 Å². The van der Waals surface area contributed by atoms with Gasteiger partial charge in [0.15, 0.2) is 0 Å². The summed E-state index contributed by atoms with van der Waals surface area (Å²) in [5.74, 6) is 1.19. The average Bonchev–Trinajstić information content (AvgIpc) is 3.17. The van der Waals surface area contributed by atoms with Crippen molar-refractivity contribution >= 4 is 11.5 Å². The van der Waals surface area contributed by atoms with E-state index in [4.69, 9.17) is 0 Å². The number of hydrogen-bond acceptors (Lipinski definition) is 6. The summed E-state index contributed by atoms with van der Waals surface area (Å²) < 4.78 is 0. The van der Waals surface area contributed by atoms with Crippen LogP contribution in [0.1, 0.15) is 39.2 Å². The van der Waals surface area contributed by atoms with Gasteiger partial charge in [0.2, 0.25) is 0 Å². The second kappa shape index (κ2) is 8.21. The number of H-pyrrole nitrogens is 1. The number of nitrogens with zero attached hydrogens (tertiary/aromatic N) is 4. The minimum Gasteiger partial charge on any atom is -0.507 e. The molecule has 29 heavy (non-hydrogen) atoms. The Balaban J connectivity index is 1.67. The lowest BCUT2D eigenvalue weighted by Gasteiger charge is -2.39. The predicted octanol–water partition coefficient (Wildman–Crippen LogP) is 3.31. The predicted molar refractivity (Wildman–Crippen MR) is 116 cm³/mol. The molecular formula is C22H28N6O. The SMILES string of the molecule is CCC1=CC(c2ccc(-c3cn[nH]c3)cc2O)=NN=C(N2C[C@H](C)NC[C@@H]2C)C1. The van der Waals surface area contributed by atoms with Crippen LogP contribution in [0.2, 0.25) is 0 Å². The van der Waals surface area contributed by atoms with Gasteiger partial charge in [-0.3, -0.25) is 5.10 Å². The lowest BCUT2D eigenvalue weighted by Crippen LogP contribution is -2.56. The number of benzene rings is 1. The van der Waals surface area contributed by atoms with Crippen LogP contribution < -0.4 is 5.32 Å². The summed E-state index contributed by atoms with van der Waals surface area (Å²) in [5, 5.41) is 30.1. The van der Waals surface area contributed by atoms with Crippen molar-refractivity contribution in [2.45, 2.75) is 45.7 Å². The van der Waals surface area contributed by atoms with Crippen molar-refractivity contribution in [3.63, 3.8) is 0 Å². The molecule has 1 fully saturated rings. The molecule has 3 heterocycles. The first-order valence-corrected chi connectivity index (χ1v) is 10.2. The fourth-order valence-corrected chi connectivity index (χ4v) is 3.86. The highest BCUT2D eigenvalue weighted by atomic mass is 16.3. The lowest BCUT2D eigenvalue weighted by atomic mass is 9.99. The molecule has 7 heteroatoms. The van der Waals surface area contributed by atoms with E-state index in [-0.39, 0.29) is 5.75 Å². The van der Waals surface area contributed by atoms with Gasteiger partial charge >= 0.3 is 0 Å². The van der Waals surface area contributed by atoms with Crippen molar-refractivity contribution in [1.29, 1.82) is 0 Å². The average molecular weight is 393 g/mol. The van der Waals surface area contributed by atoms with Crippen LogP contribution in [0.4, 0.5) is 0 Å². The summed E-state index contributed by atoms with van der Waals surface area (Å²) in [6, 6.07) is 6.42. The first-order chi connectivity index (χ1) is 14.0. The topological polar surface area (TPSA) is 88.9 Å². The molecule has 0 aliphatic carbocycles. The van der Waals surface area contributed by atoms with Crippen LogP contribution in [0, 0.1) is 0 Å². The Hall–Kier alpha value is -2.93. The number of phenolic OH excluding ortho intramolecular Hbond substituents is 1. The quantitative estimate of drug-likeness (QED) is 0.748. The molecule has 0 amide bonds. The molecule has 4 rings (SSSR count). The molecule has 2 atom stereocenters. The Morgan fingerprint density at radius 1 is 1.21 bits per heavy atom. The van der Waals surface area contributed by atoms with Crippen LogP contribution in [0.15, 0.2) is 52.4 Å². The maximum Gasteiger partial charge on any atom is 0.132 e. The van der Waals surface area contributed by atoms with E-state index in [0.717, 1.165) is 42.9 Å². The molecule has 0 unspecified atom stereocenters. The van der Waals surface area contributed by atoms with E-state index in [1.54, 1.807) is 18.5 Å². The van der Waals surface area contributed by atoms with Gasteiger partial charge in [0, 0.05) is 48.9 Å². The Bertz CT molecular complexity index is 960. The Labute approximate surface area is 171 Å². The third-order valence-electron chi connectivity index (χ3n) is 5.65. The van der Waals surface area contributed by atoms with Crippen LogP contribution in [-0.2, 0) is 0 Å². The van der Waals surface area contributed by atoms with Gasteiger partial charge in [-0.2, -0.15) is 5.10 Å². The number of amidine groups is 1. The smallest absolute Gasteiger partial charge is 0.132 e. The lowest BCUT2D eigenvalue weighted by molar-refractivity contribution is 0.231. The highest BCUT2D eigenvalue weighted by Gasteiger charge is 2.26. The van der Waals surface area contributed by atoms with E-state index < -0.39 is 0 Å². The normalized spacial score (nSPS) is 22.6. The number of rotatable bonds is 3. The summed E-state index contributed by atoms with van der Waals surface area (Å²) in [6.45, 7) is 8.43. The number of allylic oxidation sites excluding steroid dienone is 1. The van der Waals surface area contributed by atoms with Crippen molar-refractivity contribution in [3.8, 4) is 16.9 Å². The summed E-state index contributed by atoms with van der Waals surface area (Å²) in [4.78, 5) is 2.36. The highest BCUT2D eigenvalue weighted by Crippen LogP contribution is 2.28. The van der Waals surface area contributed by atoms with E-state index in [1.807, 2.05) is 12.1 Å². The summed E-state index contributed by atoms with van der Waals surface area (Å²) >= 11 is 0. The maximum absolute atomic E-state index is 10.7. The second-order valence-electron chi connectivity index (χ2n) is 7.86. The molecule has 2 aliphatic heterocycles. The molecule has 0 radical (unpaired) electrons. The molecule has 0 saturated carbocycles. The van der Waals surface area contributed by atoms with Crippen LogP contribution in [-0.4, -0.2) is 56.9 Å². The van der Waals surface area contributed by atoms with Crippen molar-refractivity contribution < 1.29 is 5.11 Å². The minimum atomic E-state index is 0.192. The van der Waals surface area contributed by atoms with Crippen LogP contribution in [0.25, 0.3) is 11.1 Å². The summed E-state index contributed by atoms with van der Waals surface area (Å²) in [7, 11) is 0. The third-order valence-corrected chi connectivity index (χ3v) is 5.65. The zero-order valence-corrected chi connectivity index (χ0v) is 17.2. The van der Waals surface area contributed by atoms with Crippen molar-refractivity contribution in [1.82, 2.24) is 20.4 Å². The Morgan fingerprint density at radius 3 is 2.79 bits per heavy atom. The monoisotopic (exact) mass is 392 g/mol. The number of phenols is 1. The number of aromatic hydroxyl groups is 1. The van der Waals surface area contributed by atoms with Gasteiger partial charge in [-0.15, -0.1) is 10.2 Å². The van der Waals surface area contributed by atoms with Crippen molar-refractivity contribution in [3.05, 3.63) is 47.8 Å². The molecular weight excluding hydrogens is 364 g/mol. The van der Waals surface area contributed by atoms with Gasteiger partial charge in [0.05, 0.1) is 11.9 Å². The summed E-state index contributed by atoms with van der Waals surface area (Å²) in [5.41, 5.74) is 4.49. The van der Waals surface area contributed by atoms with E-state index in [2.05, 4.69) is 57.5 Å². The molecule has 0 bridgehead atoms. The largest absolute Gasteiger partial charge is 0.507 e. The van der Waals surface area contributed by atoms with Gasteiger partial charge in [-0.05, 0) is 44.0 Å². The summed E-state index contributed by atoms with van der Waals surface area (Å²) in [6.07, 6.45) is 7.31. The molecule has 152 valence electrons. The molecule has 1 aromatic carbocycles.